The second-order valence-corrected chi connectivity index (χ2v) is 11.5. The van der Waals surface area contributed by atoms with E-state index in [1.165, 1.54) is 67.3 Å². The summed E-state index contributed by atoms with van der Waals surface area (Å²) < 4.78 is 2.37. The van der Waals surface area contributed by atoms with Crippen molar-refractivity contribution in [3.63, 3.8) is 0 Å². The lowest BCUT2D eigenvalue weighted by Gasteiger charge is -2.33. The predicted molar refractivity (Wildman–Crippen MR) is 156 cm³/mol. The number of anilines is 2. The molecule has 4 aromatic rings. The number of hydrogen-bond donors (Lipinski definition) is 0. The Morgan fingerprint density at radius 2 is 1.64 bits per heavy atom. The Bertz CT molecular complexity index is 1540. The summed E-state index contributed by atoms with van der Waals surface area (Å²) in [7, 11) is 2.20. The van der Waals surface area contributed by atoms with E-state index in [2.05, 4.69) is 128 Å². The molecule has 0 saturated carbocycles. The molecular weight excluding hydrogens is 456 g/mol. The molecule has 6 rings (SSSR count). The van der Waals surface area contributed by atoms with Gasteiger partial charge in [-0.25, -0.2) is 0 Å². The Hall–Kier alpha value is -3.30. The molecule has 0 bridgehead atoms. The van der Waals surface area contributed by atoms with Gasteiger partial charge < -0.3 is 4.90 Å². The summed E-state index contributed by atoms with van der Waals surface area (Å²) in [5.74, 6) is 0. The fourth-order valence-electron chi connectivity index (χ4n) is 5.88. The average molecular weight is 490 g/mol. The number of fused-ring (bicyclic) bond motifs is 5. The summed E-state index contributed by atoms with van der Waals surface area (Å²) in [5.41, 5.74) is 7.90. The fraction of sp³-hybridized carbons (Fsp3) is 0.242. The zero-order chi connectivity index (χ0) is 24.9. The van der Waals surface area contributed by atoms with Gasteiger partial charge in [-0.05, 0) is 73.0 Å². The van der Waals surface area contributed by atoms with Crippen molar-refractivity contribution in [1.82, 2.24) is 0 Å². The van der Waals surface area contributed by atoms with E-state index in [0.29, 0.717) is 0 Å². The van der Waals surface area contributed by atoms with E-state index in [1.54, 1.807) is 0 Å². The highest BCUT2D eigenvalue weighted by atomic mass is 32.2. The summed E-state index contributed by atoms with van der Waals surface area (Å²) in [6, 6.07) is 29.0. The van der Waals surface area contributed by atoms with Crippen molar-refractivity contribution in [1.29, 1.82) is 0 Å². The number of unbranched alkanes of at least 4 members (excludes halogenated alkanes) is 1. The van der Waals surface area contributed by atoms with Crippen molar-refractivity contribution in [3.05, 3.63) is 96.1 Å². The van der Waals surface area contributed by atoms with E-state index in [-0.39, 0.29) is 5.41 Å². The summed E-state index contributed by atoms with van der Waals surface area (Å²) in [5, 5.41) is 2.66. The first-order valence-corrected chi connectivity index (χ1v) is 13.8. The molecule has 0 amide bonds. The Morgan fingerprint density at radius 3 is 2.50 bits per heavy atom. The van der Waals surface area contributed by atoms with Crippen molar-refractivity contribution in [2.45, 2.75) is 48.8 Å². The molecule has 36 heavy (non-hydrogen) atoms. The molecule has 0 unspecified atom stereocenters. The molecule has 2 aliphatic rings. The minimum Gasteiger partial charge on any atom is -0.340 e. The molecular formula is C33H33N2S+. The number of para-hydroxylation sites is 1. The zero-order valence-corrected chi connectivity index (χ0v) is 22.4. The van der Waals surface area contributed by atoms with E-state index < -0.39 is 0 Å². The van der Waals surface area contributed by atoms with Crippen LogP contribution in [-0.2, 0) is 5.41 Å². The van der Waals surface area contributed by atoms with Gasteiger partial charge >= 0.3 is 0 Å². The van der Waals surface area contributed by atoms with Crippen molar-refractivity contribution in [2.75, 3.05) is 18.5 Å². The van der Waals surface area contributed by atoms with Crippen LogP contribution < -0.4 is 4.90 Å². The Morgan fingerprint density at radius 1 is 0.861 bits per heavy atom. The Labute approximate surface area is 219 Å². The molecule has 0 fully saturated rings. The number of benzene rings is 4. The van der Waals surface area contributed by atoms with Gasteiger partial charge in [0.1, 0.15) is 7.05 Å². The van der Waals surface area contributed by atoms with Gasteiger partial charge in [-0.1, -0.05) is 67.6 Å². The Kier molecular flexibility index (Phi) is 5.76. The molecule has 4 aromatic carbocycles. The third-order valence-corrected chi connectivity index (χ3v) is 8.83. The first kappa shape index (κ1) is 23.1. The molecule has 0 spiro atoms. The lowest BCUT2D eigenvalue weighted by molar-refractivity contribution is -0.401. The van der Waals surface area contributed by atoms with Crippen molar-refractivity contribution in [2.24, 2.45) is 0 Å². The average Bonchev–Trinajstić information content (AvgIpc) is 3.09. The topological polar surface area (TPSA) is 6.25 Å². The second-order valence-electron chi connectivity index (χ2n) is 10.4. The maximum absolute atomic E-state index is 2.50. The first-order valence-electron chi connectivity index (χ1n) is 13.0. The molecule has 0 atom stereocenters. The normalized spacial score (nSPS) is 15.9. The Balaban J connectivity index is 1.35. The lowest BCUT2D eigenvalue weighted by atomic mass is 9.79. The molecule has 2 aliphatic heterocycles. The molecule has 2 heterocycles. The largest absolute Gasteiger partial charge is 0.340 e. The van der Waals surface area contributed by atoms with Gasteiger partial charge in [0.2, 0.25) is 5.69 Å². The van der Waals surface area contributed by atoms with E-state index in [0.717, 1.165) is 6.54 Å². The van der Waals surface area contributed by atoms with Crippen LogP contribution in [0.25, 0.3) is 16.8 Å². The molecule has 0 N–H and O–H groups in total. The highest BCUT2D eigenvalue weighted by Gasteiger charge is 2.44. The zero-order valence-electron chi connectivity index (χ0n) is 21.6. The second kappa shape index (κ2) is 8.97. The SMILES string of the molecule is CCCCN1c2ccccc2Sc2cc(/C=C/C3=[N+](C)c4ccc5ccccc5c4C3(C)C)ccc21. The highest BCUT2D eigenvalue weighted by molar-refractivity contribution is 7.99. The van der Waals surface area contributed by atoms with Gasteiger partial charge in [-0.15, -0.1) is 0 Å². The highest BCUT2D eigenvalue weighted by Crippen LogP contribution is 2.49. The van der Waals surface area contributed by atoms with E-state index in [4.69, 9.17) is 0 Å². The van der Waals surface area contributed by atoms with Crippen molar-refractivity contribution in [3.8, 4) is 0 Å². The summed E-state index contributed by atoms with van der Waals surface area (Å²) in [6.07, 6.45) is 7.00. The third kappa shape index (κ3) is 3.69. The molecule has 0 aromatic heterocycles. The fourth-order valence-corrected chi connectivity index (χ4v) is 7.02. The van der Waals surface area contributed by atoms with Crippen molar-refractivity contribution < 1.29 is 4.58 Å². The molecule has 0 aliphatic carbocycles. The standard InChI is InChI=1S/C33H33N2S/c1-5-6-21-35-26-13-9-10-14-29(26)36-30-22-23(15-18-27(30)35)16-20-31-33(2,3)32-25-12-8-7-11-24(25)17-19-28(32)34(31)4/h7-20,22H,5-6,21H2,1-4H3/q+1. The minimum absolute atomic E-state index is 0.0692. The van der Waals surface area contributed by atoms with E-state index in [9.17, 15) is 0 Å². The van der Waals surface area contributed by atoms with E-state index >= 15 is 0 Å². The quantitative estimate of drug-likeness (QED) is 0.258. The van der Waals surface area contributed by atoms with Crippen LogP contribution in [0.4, 0.5) is 17.1 Å². The van der Waals surface area contributed by atoms with Crippen LogP contribution in [-0.4, -0.2) is 23.9 Å². The minimum atomic E-state index is -0.0692. The van der Waals surface area contributed by atoms with Crippen LogP contribution in [0.1, 0.15) is 44.7 Å². The van der Waals surface area contributed by atoms with Crippen molar-refractivity contribution >= 4 is 51.4 Å². The summed E-state index contributed by atoms with van der Waals surface area (Å²) >= 11 is 1.89. The van der Waals surface area contributed by atoms with Crippen LogP contribution in [0.2, 0.25) is 0 Å². The van der Waals surface area contributed by atoms with Gasteiger partial charge in [0.25, 0.3) is 0 Å². The third-order valence-electron chi connectivity index (χ3n) is 7.71. The molecule has 180 valence electrons. The molecule has 0 saturated heterocycles. The first-order chi connectivity index (χ1) is 17.5. The monoisotopic (exact) mass is 489 g/mol. The smallest absolute Gasteiger partial charge is 0.210 e. The number of nitrogens with zero attached hydrogens (tertiary/aromatic N) is 2. The number of hydrogen-bond acceptors (Lipinski definition) is 2. The molecule has 3 heteroatoms. The molecule has 0 radical (unpaired) electrons. The lowest BCUT2D eigenvalue weighted by Crippen LogP contribution is -2.26. The number of allylic oxidation sites excluding steroid dienone is 1. The van der Waals surface area contributed by atoms with Crippen LogP contribution in [0.3, 0.4) is 0 Å². The summed E-state index contributed by atoms with van der Waals surface area (Å²) in [4.78, 5) is 5.18. The predicted octanol–water partition coefficient (Wildman–Crippen LogP) is 8.96. The van der Waals surface area contributed by atoms with Gasteiger partial charge in [0.15, 0.2) is 5.71 Å². The maximum Gasteiger partial charge on any atom is 0.210 e. The number of rotatable bonds is 5. The van der Waals surface area contributed by atoms with Crippen LogP contribution in [0.5, 0.6) is 0 Å². The van der Waals surface area contributed by atoms with Gasteiger partial charge in [0, 0.05) is 34.0 Å². The van der Waals surface area contributed by atoms with E-state index in [1.807, 2.05) is 11.8 Å². The molecule has 2 nitrogen and oxygen atoms in total. The maximum atomic E-state index is 2.50. The van der Waals surface area contributed by atoms with Crippen LogP contribution >= 0.6 is 11.8 Å². The van der Waals surface area contributed by atoms with Gasteiger partial charge in [-0.2, -0.15) is 4.58 Å². The van der Waals surface area contributed by atoms with Crippen LogP contribution in [0, 0.1) is 0 Å². The summed E-state index contributed by atoms with van der Waals surface area (Å²) in [6.45, 7) is 8.03. The van der Waals surface area contributed by atoms with Crippen LogP contribution in [0.15, 0.2) is 94.7 Å². The van der Waals surface area contributed by atoms with Gasteiger partial charge in [0.05, 0.1) is 16.8 Å². The van der Waals surface area contributed by atoms with Gasteiger partial charge in [-0.3, -0.25) is 0 Å².